The quantitative estimate of drug-likeness (QED) is 0.400. The van der Waals surface area contributed by atoms with Crippen LogP contribution >= 0.6 is 33.2 Å². The summed E-state index contributed by atoms with van der Waals surface area (Å²) in [6.07, 6.45) is 3.33. The summed E-state index contributed by atoms with van der Waals surface area (Å²) in [5.74, 6) is -0.193. The predicted molar refractivity (Wildman–Crippen MR) is 105 cm³/mol. The summed E-state index contributed by atoms with van der Waals surface area (Å²) in [6.45, 7) is 2.03. The van der Waals surface area contributed by atoms with E-state index in [2.05, 4.69) is 15.1 Å². The molecule has 0 spiro atoms. The third kappa shape index (κ3) is 5.30. The molecule has 0 N–H and O–H groups in total. The van der Waals surface area contributed by atoms with Crippen LogP contribution in [-0.4, -0.2) is 39.7 Å². The molecule has 2 aromatic rings. The Kier molecular flexibility index (Phi) is 7.07. The number of aldehydes is 1. The maximum absolute atomic E-state index is 13.9. The van der Waals surface area contributed by atoms with Crippen LogP contribution in [0.25, 0.3) is 0 Å². The zero-order chi connectivity index (χ0) is 18.4. The zero-order valence-electron chi connectivity index (χ0n) is 13.8. The number of hydrogen-bond acceptors (Lipinski definition) is 6. The van der Waals surface area contributed by atoms with E-state index in [0.29, 0.717) is 23.8 Å². The second kappa shape index (κ2) is 9.50. The van der Waals surface area contributed by atoms with Gasteiger partial charge in [-0.25, -0.2) is 4.39 Å². The van der Waals surface area contributed by atoms with Crippen molar-refractivity contribution in [3.05, 3.63) is 64.6 Å². The van der Waals surface area contributed by atoms with Gasteiger partial charge in [0.05, 0.1) is 0 Å². The minimum Gasteiger partial charge on any atom is -0.299 e. The molecule has 1 fully saturated rings. The summed E-state index contributed by atoms with van der Waals surface area (Å²) in [7, 11) is 3.18. The molecule has 1 saturated heterocycles. The highest BCUT2D eigenvalue weighted by molar-refractivity contribution is 8.77. The third-order valence-electron chi connectivity index (χ3n) is 4.02. The van der Waals surface area contributed by atoms with Crippen LogP contribution in [0.2, 0.25) is 5.15 Å². The van der Waals surface area contributed by atoms with Crippen molar-refractivity contribution in [2.45, 2.75) is 23.2 Å². The third-order valence-corrected chi connectivity index (χ3v) is 6.97. The van der Waals surface area contributed by atoms with E-state index >= 15 is 0 Å². The second-order valence-electron chi connectivity index (χ2n) is 5.83. The first-order chi connectivity index (χ1) is 12.7. The number of benzene rings is 1. The topological polar surface area (TPSA) is 46.1 Å². The molecular formula is C18H17ClFN3OS2. The number of aromatic nitrogens is 2. The summed E-state index contributed by atoms with van der Waals surface area (Å²) >= 11 is 5.75. The number of hydrogen-bond donors (Lipinski definition) is 0. The van der Waals surface area contributed by atoms with Crippen LogP contribution in [0.4, 0.5) is 4.39 Å². The van der Waals surface area contributed by atoms with Gasteiger partial charge < -0.3 is 0 Å². The van der Waals surface area contributed by atoms with E-state index in [4.69, 9.17) is 11.6 Å². The number of carbonyl (C=O) groups excluding carboxylic acids is 1. The van der Waals surface area contributed by atoms with Crippen LogP contribution in [0.3, 0.4) is 0 Å². The monoisotopic (exact) mass is 409 g/mol. The van der Waals surface area contributed by atoms with Gasteiger partial charge in [0, 0.05) is 30.4 Å². The van der Waals surface area contributed by atoms with Crippen LogP contribution in [-0.2, 0) is 11.3 Å². The van der Waals surface area contributed by atoms with Gasteiger partial charge in [-0.05, 0) is 47.1 Å². The lowest BCUT2D eigenvalue weighted by molar-refractivity contribution is -0.104. The fourth-order valence-electron chi connectivity index (χ4n) is 2.74. The van der Waals surface area contributed by atoms with Crippen molar-refractivity contribution in [3.8, 4) is 0 Å². The Morgan fingerprint density at radius 3 is 2.85 bits per heavy atom. The van der Waals surface area contributed by atoms with Crippen molar-refractivity contribution in [3.63, 3.8) is 0 Å². The summed E-state index contributed by atoms with van der Waals surface area (Å²) in [5, 5.41) is 9.21. The lowest BCUT2D eigenvalue weighted by Gasteiger charge is -2.33. The van der Waals surface area contributed by atoms with Crippen molar-refractivity contribution in [2.75, 3.05) is 13.1 Å². The highest BCUT2D eigenvalue weighted by Gasteiger charge is 2.25. The van der Waals surface area contributed by atoms with E-state index in [1.807, 2.05) is 12.1 Å². The maximum Gasteiger partial charge on any atom is 0.151 e. The second-order valence-corrected chi connectivity index (χ2v) is 8.64. The Labute approximate surface area is 164 Å². The first kappa shape index (κ1) is 19.4. The molecule has 1 aromatic heterocycles. The standard InChI is InChI=1S/C18H17ClFN3OS2/c19-17-5-6-18(22-21-17)26-25-16-7-9-23(12-14(16)8-10-24)11-13-3-1-2-4-15(13)20/h1-6,8,10,16H,7,9,11-12H2/b14-8-. The maximum atomic E-state index is 13.9. The minimum atomic E-state index is -0.193. The molecule has 0 radical (unpaired) electrons. The number of likely N-dealkylation sites (tertiary alicyclic amines) is 1. The number of carbonyl (C=O) groups is 1. The van der Waals surface area contributed by atoms with E-state index < -0.39 is 0 Å². The molecule has 2 heterocycles. The Hall–Kier alpha value is -1.41. The number of piperidine rings is 1. The van der Waals surface area contributed by atoms with Crippen molar-refractivity contribution >= 4 is 39.5 Å². The molecule has 1 unspecified atom stereocenters. The van der Waals surface area contributed by atoms with Crippen molar-refractivity contribution in [2.24, 2.45) is 0 Å². The number of rotatable bonds is 6. The number of allylic oxidation sites excluding steroid dienone is 1. The lowest BCUT2D eigenvalue weighted by Crippen LogP contribution is -2.36. The van der Waals surface area contributed by atoms with Gasteiger partial charge in [0.2, 0.25) is 0 Å². The van der Waals surface area contributed by atoms with Gasteiger partial charge in [-0.1, -0.05) is 40.6 Å². The van der Waals surface area contributed by atoms with E-state index in [0.717, 1.165) is 29.9 Å². The van der Waals surface area contributed by atoms with Crippen LogP contribution < -0.4 is 0 Å². The van der Waals surface area contributed by atoms with Crippen LogP contribution in [0.5, 0.6) is 0 Å². The fraction of sp³-hybridized carbons (Fsp3) is 0.278. The molecule has 1 atom stereocenters. The van der Waals surface area contributed by atoms with Crippen LogP contribution in [0, 0.1) is 5.82 Å². The molecule has 1 aliphatic heterocycles. The highest BCUT2D eigenvalue weighted by Crippen LogP contribution is 2.39. The molecule has 136 valence electrons. The molecule has 0 aliphatic carbocycles. The average molecular weight is 410 g/mol. The van der Waals surface area contributed by atoms with Crippen LogP contribution in [0.1, 0.15) is 12.0 Å². The largest absolute Gasteiger partial charge is 0.299 e. The molecule has 0 bridgehead atoms. The van der Waals surface area contributed by atoms with E-state index in [1.54, 1.807) is 35.1 Å². The first-order valence-electron chi connectivity index (χ1n) is 8.08. The normalized spacial score (nSPS) is 19.6. The minimum absolute atomic E-state index is 0.193. The Bertz CT molecular complexity index is 788. The van der Waals surface area contributed by atoms with Gasteiger partial charge >= 0.3 is 0 Å². The molecule has 1 aliphatic rings. The molecule has 0 amide bonds. The van der Waals surface area contributed by atoms with E-state index in [1.165, 1.54) is 16.9 Å². The molecule has 0 saturated carbocycles. The first-order valence-corrected chi connectivity index (χ1v) is 10.7. The van der Waals surface area contributed by atoms with Gasteiger partial charge in [-0.3, -0.25) is 9.69 Å². The summed E-state index contributed by atoms with van der Waals surface area (Å²) in [5.41, 5.74) is 1.72. The smallest absolute Gasteiger partial charge is 0.151 e. The molecule has 8 heteroatoms. The molecule has 26 heavy (non-hydrogen) atoms. The Morgan fingerprint density at radius 2 is 2.12 bits per heavy atom. The average Bonchev–Trinajstić information content (AvgIpc) is 2.65. The van der Waals surface area contributed by atoms with Gasteiger partial charge in [0.25, 0.3) is 0 Å². The van der Waals surface area contributed by atoms with Gasteiger partial charge in [-0.2, -0.15) is 0 Å². The van der Waals surface area contributed by atoms with Crippen molar-refractivity contribution in [1.82, 2.24) is 15.1 Å². The van der Waals surface area contributed by atoms with Gasteiger partial charge in [0.1, 0.15) is 17.1 Å². The van der Waals surface area contributed by atoms with E-state index in [-0.39, 0.29) is 11.1 Å². The summed E-state index contributed by atoms with van der Waals surface area (Å²) < 4.78 is 13.9. The predicted octanol–water partition coefficient (Wildman–Crippen LogP) is 4.41. The molecular weight excluding hydrogens is 393 g/mol. The number of halogens is 2. The summed E-state index contributed by atoms with van der Waals surface area (Å²) in [4.78, 5) is 13.2. The Morgan fingerprint density at radius 1 is 1.27 bits per heavy atom. The molecule has 1 aromatic carbocycles. The Balaban J connectivity index is 1.61. The zero-order valence-corrected chi connectivity index (χ0v) is 16.2. The van der Waals surface area contributed by atoms with Crippen molar-refractivity contribution in [1.29, 1.82) is 0 Å². The summed E-state index contributed by atoms with van der Waals surface area (Å²) in [6, 6.07) is 10.3. The molecule has 4 nitrogen and oxygen atoms in total. The van der Waals surface area contributed by atoms with E-state index in [9.17, 15) is 9.18 Å². The van der Waals surface area contributed by atoms with Crippen LogP contribution in [0.15, 0.2) is 53.1 Å². The lowest BCUT2D eigenvalue weighted by atomic mass is 10.0. The molecule has 3 rings (SSSR count). The fourth-order valence-corrected chi connectivity index (χ4v) is 5.30. The highest BCUT2D eigenvalue weighted by atomic mass is 35.5. The number of nitrogens with zero attached hydrogens (tertiary/aromatic N) is 3. The van der Waals surface area contributed by atoms with Gasteiger partial charge in [-0.15, -0.1) is 10.2 Å². The van der Waals surface area contributed by atoms with Crippen molar-refractivity contribution < 1.29 is 9.18 Å². The van der Waals surface area contributed by atoms with Gasteiger partial charge in [0.15, 0.2) is 5.15 Å². The SMILES string of the molecule is O=C/C=C1/CN(Cc2ccccc2F)CCC1SSc1ccc(Cl)nn1.